The number of nitrogens with two attached hydrogens (primary N) is 1. The Bertz CT molecular complexity index is 1520. The van der Waals surface area contributed by atoms with E-state index in [0.29, 0.717) is 18.8 Å². The molecule has 1 amide bonds. The molecule has 220 valence electrons. The number of nitrogens with one attached hydrogen (secondary N) is 2. The van der Waals surface area contributed by atoms with Gasteiger partial charge in [0.2, 0.25) is 15.8 Å². The number of sulfonamides is 1. The third kappa shape index (κ3) is 7.57. The van der Waals surface area contributed by atoms with Gasteiger partial charge < -0.3 is 20.7 Å². The molecule has 1 aromatic heterocycles. The normalized spacial score (nSPS) is 15.9. The number of ether oxygens (including phenoxy) is 1. The smallest absolute Gasteiger partial charge is 0.410 e. The van der Waals surface area contributed by atoms with Crippen LogP contribution >= 0.6 is 11.3 Å². The van der Waals surface area contributed by atoms with Gasteiger partial charge in [0.25, 0.3) is 0 Å². The summed E-state index contributed by atoms with van der Waals surface area (Å²) in [7, 11) is -3.83. The number of thiazole rings is 1. The lowest BCUT2D eigenvalue weighted by Crippen LogP contribution is -2.45. The Morgan fingerprint density at radius 2 is 1.80 bits per heavy atom. The van der Waals surface area contributed by atoms with E-state index < -0.39 is 44.7 Å². The molecule has 1 saturated heterocycles. The summed E-state index contributed by atoms with van der Waals surface area (Å²) in [4.78, 5) is 30.6. The summed E-state index contributed by atoms with van der Waals surface area (Å²) in [5.41, 5.74) is 4.96. The third-order valence-electron chi connectivity index (χ3n) is 6.20. The maximum Gasteiger partial charge on any atom is 0.410 e. The number of carbonyl (C=O) groups is 2. The van der Waals surface area contributed by atoms with Crippen molar-refractivity contribution < 1.29 is 31.5 Å². The van der Waals surface area contributed by atoms with Crippen LogP contribution in [0, 0.1) is 17.6 Å². The number of hydrogen-bond acceptors (Lipinski definition) is 9. The fourth-order valence-electron chi connectivity index (χ4n) is 4.25. The van der Waals surface area contributed by atoms with Crippen molar-refractivity contribution in [2.75, 3.05) is 30.7 Å². The number of rotatable bonds is 8. The molecule has 1 fully saturated rings. The van der Waals surface area contributed by atoms with Crippen molar-refractivity contribution in [3.05, 3.63) is 64.5 Å². The summed E-state index contributed by atoms with van der Waals surface area (Å²) in [6.07, 6.45) is 1.11. The predicted octanol–water partition coefficient (Wildman–Crippen LogP) is 4.90. The van der Waals surface area contributed by atoms with Gasteiger partial charge in [0.1, 0.15) is 27.9 Å². The molecule has 1 atom stereocenters. The fraction of sp³-hybridized carbons (Fsp3) is 0.370. The Morgan fingerprint density at radius 1 is 1.15 bits per heavy atom. The number of amides is 1. The second-order valence-electron chi connectivity index (χ2n) is 10.6. The second kappa shape index (κ2) is 12.1. The summed E-state index contributed by atoms with van der Waals surface area (Å²) in [5.74, 6) is -3.19. The van der Waals surface area contributed by atoms with Gasteiger partial charge in [-0.15, -0.1) is 0 Å². The molecule has 0 bridgehead atoms. The average molecular weight is 608 g/mol. The maximum absolute atomic E-state index is 14.1. The first-order valence-corrected chi connectivity index (χ1v) is 15.1. The van der Waals surface area contributed by atoms with E-state index in [4.69, 9.17) is 10.5 Å². The zero-order valence-electron chi connectivity index (χ0n) is 22.7. The number of piperidine rings is 1. The molecule has 10 nitrogen and oxygen atoms in total. The van der Waals surface area contributed by atoms with E-state index in [9.17, 15) is 26.8 Å². The van der Waals surface area contributed by atoms with Gasteiger partial charge in [-0.3, -0.25) is 4.79 Å². The van der Waals surface area contributed by atoms with Crippen molar-refractivity contribution in [1.29, 1.82) is 0 Å². The van der Waals surface area contributed by atoms with Crippen molar-refractivity contribution in [1.82, 2.24) is 14.6 Å². The van der Waals surface area contributed by atoms with Crippen LogP contribution in [-0.4, -0.2) is 55.4 Å². The molecule has 4 rings (SSSR count). The Hall–Kier alpha value is -3.62. The van der Waals surface area contributed by atoms with Gasteiger partial charge in [-0.05, 0) is 75.9 Å². The monoisotopic (exact) mass is 607 g/mol. The molecule has 14 heteroatoms. The molecule has 0 spiro atoms. The summed E-state index contributed by atoms with van der Waals surface area (Å²) < 4.78 is 62.0. The van der Waals surface area contributed by atoms with Crippen LogP contribution in [0.4, 0.5) is 30.2 Å². The van der Waals surface area contributed by atoms with Crippen LogP contribution in [0.5, 0.6) is 0 Å². The molecule has 1 aliphatic rings. The third-order valence-corrected chi connectivity index (χ3v) is 8.62. The molecule has 1 unspecified atom stereocenters. The molecular weight excluding hydrogens is 576 g/mol. The number of nitrogens with zero attached hydrogens (tertiary/aromatic N) is 2. The van der Waals surface area contributed by atoms with Crippen LogP contribution in [-0.2, 0) is 14.8 Å². The Labute approximate surface area is 241 Å². The predicted molar refractivity (Wildman–Crippen MR) is 152 cm³/mol. The number of anilines is 3. The number of nitrogen functional groups attached to an aromatic ring is 1. The minimum Gasteiger partial charge on any atom is -0.444 e. The number of carbonyl (C=O) groups excluding carboxylic acids is 2. The SMILES string of the molecule is CC(C)(C)OC(=O)N1CCCC(CNS(=O)(=O)c2ccc(Nc3nc(N)c(C(=O)c4c(F)cccc4F)s3)cc2)C1. The Kier molecular flexibility index (Phi) is 8.94. The molecule has 0 saturated carbocycles. The number of ketones is 1. The molecule has 1 aliphatic heterocycles. The Morgan fingerprint density at radius 3 is 2.44 bits per heavy atom. The first kappa shape index (κ1) is 30.3. The molecule has 0 aliphatic carbocycles. The van der Waals surface area contributed by atoms with Crippen LogP contribution in [0.15, 0.2) is 47.4 Å². The standard InChI is InChI=1S/C27H31F2N5O5S2/c1-27(2,3)39-26(36)34-13-5-6-16(15-34)14-31-41(37,38)18-11-9-17(10-12-18)32-25-33-24(30)23(40-25)22(35)21-19(28)7-4-8-20(21)29/h4,7-12,16,31H,5-6,13-15,30H2,1-3H3,(H,32,33). The van der Waals surface area contributed by atoms with E-state index in [-0.39, 0.29) is 33.2 Å². The second-order valence-corrected chi connectivity index (χ2v) is 13.4. The lowest BCUT2D eigenvalue weighted by Gasteiger charge is -2.34. The topological polar surface area (TPSA) is 144 Å². The highest BCUT2D eigenvalue weighted by molar-refractivity contribution is 7.89. The minimum atomic E-state index is -3.83. The lowest BCUT2D eigenvalue weighted by molar-refractivity contribution is 0.0169. The highest BCUT2D eigenvalue weighted by Crippen LogP contribution is 2.31. The summed E-state index contributed by atoms with van der Waals surface area (Å²) in [6, 6.07) is 8.92. The molecule has 0 radical (unpaired) electrons. The molecule has 2 heterocycles. The largest absolute Gasteiger partial charge is 0.444 e. The van der Waals surface area contributed by atoms with Crippen molar-refractivity contribution in [3.8, 4) is 0 Å². The van der Waals surface area contributed by atoms with Gasteiger partial charge in [-0.1, -0.05) is 17.4 Å². The van der Waals surface area contributed by atoms with Crippen LogP contribution in [0.2, 0.25) is 0 Å². The number of hydrogen-bond donors (Lipinski definition) is 3. The van der Waals surface area contributed by atoms with Crippen molar-refractivity contribution >= 4 is 49.9 Å². The van der Waals surface area contributed by atoms with Gasteiger partial charge in [-0.2, -0.15) is 0 Å². The fourth-order valence-corrected chi connectivity index (χ4v) is 6.22. The van der Waals surface area contributed by atoms with Gasteiger partial charge >= 0.3 is 6.09 Å². The molecule has 41 heavy (non-hydrogen) atoms. The molecule has 4 N–H and O–H groups in total. The van der Waals surface area contributed by atoms with Crippen molar-refractivity contribution in [2.45, 2.75) is 44.1 Å². The highest BCUT2D eigenvalue weighted by Gasteiger charge is 2.29. The zero-order chi connectivity index (χ0) is 29.9. The number of likely N-dealkylation sites (tertiary alicyclic amines) is 1. The van der Waals surface area contributed by atoms with Crippen LogP contribution < -0.4 is 15.8 Å². The van der Waals surface area contributed by atoms with Crippen molar-refractivity contribution in [3.63, 3.8) is 0 Å². The number of benzene rings is 2. The summed E-state index contributed by atoms with van der Waals surface area (Å²) in [6.45, 7) is 6.50. The molecule has 2 aromatic carbocycles. The van der Waals surface area contributed by atoms with E-state index in [1.165, 1.54) is 24.3 Å². The van der Waals surface area contributed by atoms with Gasteiger partial charge in [0.05, 0.1) is 10.5 Å². The van der Waals surface area contributed by atoms with E-state index in [2.05, 4.69) is 15.0 Å². The first-order valence-electron chi connectivity index (χ1n) is 12.8. The van der Waals surface area contributed by atoms with Crippen LogP contribution in [0.1, 0.15) is 48.8 Å². The van der Waals surface area contributed by atoms with E-state index in [0.717, 1.165) is 42.4 Å². The first-order chi connectivity index (χ1) is 19.2. The van der Waals surface area contributed by atoms with Gasteiger partial charge in [0.15, 0.2) is 5.13 Å². The highest BCUT2D eigenvalue weighted by atomic mass is 32.2. The minimum absolute atomic E-state index is 0.0346. The molecule has 3 aromatic rings. The summed E-state index contributed by atoms with van der Waals surface area (Å²) in [5, 5.41) is 3.10. The Balaban J connectivity index is 1.37. The van der Waals surface area contributed by atoms with E-state index in [1.54, 1.807) is 25.7 Å². The van der Waals surface area contributed by atoms with Gasteiger partial charge in [-0.25, -0.2) is 31.7 Å². The zero-order valence-corrected chi connectivity index (χ0v) is 24.4. The summed E-state index contributed by atoms with van der Waals surface area (Å²) >= 11 is 0.816. The van der Waals surface area contributed by atoms with E-state index in [1.807, 2.05) is 0 Å². The average Bonchev–Trinajstić information content (AvgIpc) is 3.26. The number of aromatic nitrogens is 1. The van der Waals surface area contributed by atoms with E-state index >= 15 is 0 Å². The van der Waals surface area contributed by atoms with Crippen LogP contribution in [0.3, 0.4) is 0 Å². The van der Waals surface area contributed by atoms with Crippen molar-refractivity contribution in [2.24, 2.45) is 5.92 Å². The van der Waals surface area contributed by atoms with Crippen LogP contribution in [0.25, 0.3) is 0 Å². The quantitative estimate of drug-likeness (QED) is 0.307. The van der Waals surface area contributed by atoms with Gasteiger partial charge in [0, 0.05) is 25.3 Å². The molecular formula is C27H31F2N5O5S2. The number of halogens is 2. The maximum atomic E-state index is 14.1. The lowest BCUT2D eigenvalue weighted by atomic mass is 9.99.